The van der Waals surface area contributed by atoms with E-state index in [9.17, 15) is 0 Å². The van der Waals surface area contributed by atoms with Crippen LogP contribution in [0, 0.1) is 6.92 Å². The Bertz CT molecular complexity index is 470. The van der Waals surface area contributed by atoms with Crippen LogP contribution in [-0.2, 0) is 5.54 Å². The van der Waals surface area contributed by atoms with Crippen molar-refractivity contribution in [2.24, 2.45) is 0 Å². The minimum Gasteiger partial charge on any atom is -0.367 e. The molecule has 17 heavy (non-hydrogen) atoms. The number of aryl methyl sites for hydroxylation is 1. The number of nitrogens with zero attached hydrogens (tertiary/aromatic N) is 1. The summed E-state index contributed by atoms with van der Waals surface area (Å²) in [6.07, 6.45) is 7.64. The van der Waals surface area contributed by atoms with Gasteiger partial charge in [-0.15, -0.1) is 0 Å². The summed E-state index contributed by atoms with van der Waals surface area (Å²) in [7, 11) is 2.16. The van der Waals surface area contributed by atoms with Crippen LogP contribution in [0.1, 0.15) is 31.4 Å². The summed E-state index contributed by atoms with van der Waals surface area (Å²) in [5, 5.41) is 0. The molecule has 0 fully saturated rings. The Hall–Kier alpha value is -1.50. The molecular weight excluding hydrogens is 206 g/mol. The molecule has 1 aliphatic heterocycles. The maximum Gasteiger partial charge on any atom is 0.0835 e. The van der Waals surface area contributed by atoms with Gasteiger partial charge >= 0.3 is 0 Å². The quantitative estimate of drug-likeness (QED) is 0.738. The normalized spacial score (nSPS) is 23.8. The molecule has 2 rings (SSSR count). The number of likely N-dealkylation sites (N-methyl/N-ethyl adjacent to an activating group) is 1. The van der Waals surface area contributed by atoms with Crippen molar-refractivity contribution in [1.82, 2.24) is 4.90 Å². The lowest BCUT2D eigenvalue weighted by Gasteiger charge is -2.43. The van der Waals surface area contributed by atoms with Crippen LogP contribution in [0.3, 0.4) is 0 Å². The highest BCUT2D eigenvalue weighted by Crippen LogP contribution is 2.40. The van der Waals surface area contributed by atoms with Crippen molar-refractivity contribution >= 4 is 0 Å². The average molecular weight is 227 g/mol. The number of hydrogen-bond acceptors (Lipinski definition) is 1. The highest BCUT2D eigenvalue weighted by molar-refractivity contribution is 5.43. The summed E-state index contributed by atoms with van der Waals surface area (Å²) < 4.78 is 0. The molecule has 1 aliphatic rings. The van der Waals surface area contributed by atoms with E-state index in [-0.39, 0.29) is 5.54 Å². The third-order valence-corrected chi connectivity index (χ3v) is 3.99. The zero-order valence-corrected chi connectivity index (χ0v) is 11.2. The SMILES string of the molecule is CCC1=CC=CN(C)C1(C)c1ccccc1C. The predicted molar refractivity (Wildman–Crippen MR) is 73.8 cm³/mol. The second kappa shape index (κ2) is 4.40. The van der Waals surface area contributed by atoms with Crippen LogP contribution in [0.5, 0.6) is 0 Å². The van der Waals surface area contributed by atoms with Crippen molar-refractivity contribution in [3.05, 3.63) is 59.3 Å². The zero-order valence-electron chi connectivity index (χ0n) is 11.2. The molecule has 0 aromatic heterocycles. The van der Waals surface area contributed by atoms with Gasteiger partial charge in [-0.3, -0.25) is 0 Å². The van der Waals surface area contributed by atoms with Crippen molar-refractivity contribution in [3.8, 4) is 0 Å². The first-order valence-electron chi connectivity index (χ1n) is 6.27. The number of hydrogen-bond donors (Lipinski definition) is 0. The Labute approximate surface area is 104 Å². The van der Waals surface area contributed by atoms with Crippen molar-refractivity contribution in [3.63, 3.8) is 0 Å². The molecular formula is C16H21N. The van der Waals surface area contributed by atoms with Gasteiger partial charge in [0.15, 0.2) is 0 Å². The van der Waals surface area contributed by atoms with Gasteiger partial charge in [-0.25, -0.2) is 0 Å². The molecule has 1 aromatic carbocycles. The van der Waals surface area contributed by atoms with E-state index < -0.39 is 0 Å². The lowest BCUT2D eigenvalue weighted by atomic mass is 9.78. The molecule has 1 heteroatoms. The second-order valence-electron chi connectivity index (χ2n) is 4.89. The molecule has 0 saturated heterocycles. The first kappa shape index (κ1) is 12.0. The van der Waals surface area contributed by atoms with Gasteiger partial charge in [0.25, 0.3) is 0 Å². The largest absolute Gasteiger partial charge is 0.367 e. The lowest BCUT2D eigenvalue weighted by Crippen LogP contribution is -2.41. The van der Waals surface area contributed by atoms with Crippen LogP contribution in [-0.4, -0.2) is 11.9 Å². The summed E-state index contributed by atoms with van der Waals surface area (Å²) in [6.45, 7) is 6.74. The number of benzene rings is 1. The lowest BCUT2D eigenvalue weighted by molar-refractivity contribution is 0.238. The fourth-order valence-electron chi connectivity index (χ4n) is 2.77. The maximum absolute atomic E-state index is 2.31. The highest BCUT2D eigenvalue weighted by Gasteiger charge is 2.35. The molecule has 90 valence electrons. The smallest absolute Gasteiger partial charge is 0.0835 e. The van der Waals surface area contributed by atoms with Gasteiger partial charge in [0.2, 0.25) is 0 Å². The van der Waals surface area contributed by atoms with E-state index in [0.29, 0.717) is 0 Å². The minimum atomic E-state index is -0.00512. The van der Waals surface area contributed by atoms with Gasteiger partial charge in [-0.1, -0.05) is 37.3 Å². The first-order chi connectivity index (χ1) is 8.10. The molecule has 1 unspecified atom stereocenters. The zero-order chi connectivity index (χ0) is 12.5. The van der Waals surface area contributed by atoms with Gasteiger partial charge in [0.1, 0.15) is 0 Å². The van der Waals surface area contributed by atoms with Gasteiger partial charge in [0.05, 0.1) is 5.54 Å². The molecule has 0 saturated carbocycles. The summed E-state index contributed by atoms with van der Waals surface area (Å²) >= 11 is 0. The van der Waals surface area contributed by atoms with Gasteiger partial charge in [0, 0.05) is 7.05 Å². The van der Waals surface area contributed by atoms with E-state index in [0.717, 1.165) is 6.42 Å². The Morgan fingerprint density at radius 1 is 1.24 bits per heavy atom. The van der Waals surface area contributed by atoms with Crippen LogP contribution < -0.4 is 0 Å². The van der Waals surface area contributed by atoms with E-state index in [1.807, 2.05) is 0 Å². The predicted octanol–water partition coefficient (Wildman–Crippen LogP) is 4.01. The van der Waals surface area contributed by atoms with Gasteiger partial charge in [-0.2, -0.15) is 0 Å². The van der Waals surface area contributed by atoms with Crippen molar-refractivity contribution in [2.45, 2.75) is 32.7 Å². The Balaban J connectivity index is 2.58. The van der Waals surface area contributed by atoms with Crippen molar-refractivity contribution in [2.75, 3.05) is 7.05 Å². The molecule has 0 bridgehead atoms. The molecule has 1 heterocycles. The highest BCUT2D eigenvalue weighted by atomic mass is 15.2. The maximum atomic E-state index is 2.31. The summed E-state index contributed by atoms with van der Waals surface area (Å²) in [4.78, 5) is 2.31. The molecule has 1 atom stereocenters. The Morgan fingerprint density at radius 2 is 1.94 bits per heavy atom. The van der Waals surface area contributed by atoms with E-state index in [2.05, 4.69) is 75.3 Å². The third-order valence-electron chi connectivity index (χ3n) is 3.99. The van der Waals surface area contributed by atoms with Crippen LogP contribution >= 0.6 is 0 Å². The fourth-order valence-corrected chi connectivity index (χ4v) is 2.77. The summed E-state index contributed by atoms with van der Waals surface area (Å²) in [5.41, 5.74) is 4.22. The monoisotopic (exact) mass is 227 g/mol. The molecule has 0 aliphatic carbocycles. The molecule has 0 radical (unpaired) electrons. The average Bonchev–Trinajstić information content (AvgIpc) is 2.33. The minimum absolute atomic E-state index is 0.00512. The van der Waals surface area contributed by atoms with Crippen LogP contribution in [0.2, 0.25) is 0 Å². The van der Waals surface area contributed by atoms with E-state index in [1.165, 1.54) is 16.7 Å². The standard InChI is InChI=1S/C16H21N/c1-5-14-10-8-12-17(4)16(14,3)15-11-7-6-9-13(15)2/h6-12H,5H2,1-4H3. The summed E-state index contributed by atoms with van der Waals surface area (Å²) in [6, 6.07) is 8.68. The second-order valence-corrected chi connectivity index (χ2v) is 4.89. The van der Waals surface area contributed by atoms with Crippen LogP contribution in [0.4, 0.5) is 0 Å². The molecule has 1 aromatic rings. The van der Waals surface area contributed by atoms with E-state index in [1.54, 1.807) is 0 Å². The van der Waals surface area contributed by atoms with Gasteiger partial charge in [-0.05, 0) is 49.2 Å². The van der Waals surface area contributed by atoms with Gasteiger partial charge < -0.3 is 4.90 Å². The van der Waals surface area contributed by atoms with E-state index >= 15 is 0 Å². The third kappa shape index (κ3) is 1.80. The van der Waals surface area contributed by atoms with Crippen molar-refractivity contribution in [1.29, 1.82) is 0 Å². The molecule has 0 amide bonds. The Kier molecular flexibility index (Phi) is 3.10. The van der Waals surface area contributed by atoms with E-state index in [4.69, 9.17) is 0 Å². The number of allylic oxidation sites excluding steroid dienone is 2. The van der Waals surface area contributed by atoms with Crippen molar-refractivity contribution < 1.29 is 0 Å². The number of rotatable bonds is 2. The molecule has 0 spiro atoms. The van der Waals surface area contributed by atoms with Crippen LogP contribution in [0.25, 0.3) is 0 Å². The summed E-state index contributed by atoms with van der Waals surface area (Å²) in [5.74, 6) is 0. The van der Waals surface area contributed by atoms with Crippen LogP contribution in [0.15, 0.2) is 48.2 Å². The molecule has 0 N–H and O–H groups in total. The molecule has 1 nitrogen and oxygen atoms in total. The first-order valence-corrected chi connectivity index (χ1v) is 6.27. The topological polar surface area (TPSA) is 3.24 Å². The fraction of sp³-hybridized carbons (Fsp3) is 0.375. The Morgan fingerprint density at radius 3 is 2.59 bits per heavy atom.